The van der Waals surface area contributed by atoms with Crippen LogP contribution < -0.4 is 10.2 Å². The third-order valence-electron chi connectivity index (χ3n) is 4.40. The van der Waals surface area contributed by atoms with E-state index in [0.717, 1.165) is 15.2 Å². The maximum Gasteiger partial charge on any atom is 0.229 e. The highest BCUT2D eigenvalue weighted by molar-refractivity contribution is 7.18. The molecule has 0 radical (unpaired) electrons. The number of amides is 2. The highest BCUT2D eigenvalue weighted by Gasteiger charge is 2.36. The highest BCUT2D eigenvalue weighted by Crippen LogP contribution is 2.29. The van der Waals surface area contributed by atoms with E-state index in [0.29, 0.717) is 5.69 Å². The van der Waals surface area contributed by atoms with Crippen molar-refractivity contribution in [3.05, 3.63) is 53.3 Å². The van der Waals surface area contributed by atoms with Gasteiger partial charge < -0.3 is 10.2 Å². The Morgan fingerprint density at radius 1 is 1.31 bits per heavy atom. The predicted molar refractivity (Wildman–Crippen MR) is 99.8 cm³/mol. The molecule has 1 aromatic heterocycles. The Labute approximate surface area is 153 Å². The van der Waals surface area contributed by atoms with Crippen molar-refractivity contribution in [3.8, 4) is 0 Å². The minimum Gasteiger partial charge on any atom is -0.326 e. The molecule has 1 fully saturated rings. The normalized spacial score (nSPS) is 17.1. The van der Waals surface area contributed by atoms with Gasteiger partial charge in [0.05, 0.1) is 26.8 Å². The second-order valence-corrected chi connectivity index (χ2v) is 7.50. The molecule has 7 heteroatoms. The van der Waals surface area contributed by atoms with Crippen LogP contribution in [0.2, 0.25) is 0 Å². The zero-order valence-electron chi connectivity index (χ0n) is 14.0. The number of para-hydroxylation sites is 1. The summed E-state index contributed by atoms with van der Waals surface area (Å²) < 4.78 is 14.9. The lowest BCUT2D eigenvalue weighted by molar-refractivity contribution is -0.122. The van der Waals surface area contributed by atoms with E-state index in [1.807, 2.05) is 19.1 Å². The summed E-state index contributed by atoms with van der Waals surface area (Å²) in [6.07, 6.45) is 0.0715. The number of anilines is 2. The number of carbonyl (C=O) groups excluding carboxylic acids is 2. The van der Waals surface area contributed by atoms with Gasteiger partial charge in [0.1, 0.15) is 5.82 Å². The Bertz CT molecular complexity index is 1020. The van der Waals surface area contributed by atoms with E-state index in [9.17, 15) is 14.0 Å². The molecule has 0 spiro atoms. The van der Waals surface area contributed by atoms with Crippen molar-refractivity contribution in [2.45, 2.75) is 13.3 Å². The lowest BCUT2D eigenvalue weighted by Crippen LogP contribution is -2.28. The van der Waals surface area contributed by atoms with E-state index in [1.54, 1.807) is 35.6 Å². The van der Waals surface area contributed by atoms with E-state index in [4.69, 9.17) is 0 Å². The molecule has 0 saturated carbocycles. The van der Waals surface area contributed by atoms with Crippen LogP contribution in [0.5, 0.6) is 0 Å². The minimum absolute atomic E-state index is 0.0715. The average Bonchev–Trinajstić information content (AvgIpc) is 3.17. The van der Waals surface area contributed by atoms with Gasteiger partial charge in [0.25, 0.3) is 0 Å². The Morgan fingerprint density at radius 2 is 2.12 bits per heavy atom. The summed E-state index contributed by atoms with van der Waals surface area (Å²) in [5.41, 5.74) is 1.78. The number of aryl methyl sites for hydroxylation is 1. The molecule has 2 aromatic carbocycles. The molecule has 2 heterocycles. The second kappa shape index (κ2) is 6.49. The molecule has 5 nitrogen and oxygen atoms in total. The third-order valence-corrected chi connectivity index (χ3v) is 5.34. The molecule has 0 bridgehead atoms. The Morgan fingerprint density at radius 3 is 2.92 bits per heavy atom. The van der Waals surface area contributed by atoms with Crippen LogP contribution in [0, 0.1) is 18.7 Å². The maximum atomic E-state index is 13.9. The van der Waals surface area contributed by atoms with Gasteiger partial charge in [-0.05, 0) is 37.3 Å². The number of hydrogen-bond donors (Lipinski definition) is 1. The lowest BCUT2D eigenvalue weighted by Gasteiger charge is -2.17. The molecule has 1 aliphatic heterocycles. The van der Waals surface area contributed by atoms with E-state index < -0.39 is 11.7 Å². The standard InChI is InChI=1S/C19H16FN3O2S/c1-11-21-15-7-6-13(9-17(15)26-11)22-19(25)12-8-18(24)23(10-12)16-5-3-2-4-14(16)20/h2-7,9,12H,8,10H2,1H3,(H,22,25)/t12-/m1/s1. The molecule has 0 aliphatic carbocycles. The largest absolute Gasteiger partial charge is 0.326 e. The molecule has 3 aromatic rings. The third kappa shape index (κ3) is 3.06. The fourth-order valence-corrected chi connectivity index (χ4v) is 4.01. The number of hydrogen-bond acceptors (Lipinski definition) is 4. The van der Waals surface area contributed by atoms with Crippen LogP contribution in [0.1, 0.15) is 11.4 Å². The second-order valence-electron chi connectivity index (χ2n) is 6.26. The number of benzene rings is 2. The Hall–Kier alpha value is -2.80. The van der Waals surface area contributed by atoms with Crippen molar-refractivity contribution >= 4 is 44.7 Å². The number of halogens is 1. The fourth-order valence-electron chi connectivity index (χ4n) is 3.15. The number of aromatic nitrogens is 1. The number of thiazole rings is 1. The first-order valence-electron chi connectivity index (χ1n) is 8.24. The van der Waals surface area contributed by atoms with E-state index in [2.05, 4.69) is 10.3 Å². The number of nitrogens with one attached hydrogen (secondary N) is 1. The van der Waals surface area contributed by atoms with Crippen molar-refractivity contribution in [1.29, 1.82) is 0 Å². The fraction of sp³-hybridized carbons (Fsp3) is 0.211. The van der Waals surface area contributed by atoms with E-state index in [-0.39, 0.29) is 30.5 Å². The summed E-state index contributed by atoms with van der Waals surface area (Å²) in [7, 11) is 0. The molecule has 4 rings (SSSR count). The van der Waals surface area contributed by atoms with Gasteiger partial charge in [-0.15, -0.1) is 11.3 Å². The van der Waals surface area contributed by atoms with Gasteiger partial charge in [-0.25, -0.2) is 9.37 Å². The van der Waals surface area contributed by atoms with Crippen LogP contribution in [0.3, 0.4) is 0 Å². The SMILES string of the molecule is Cc1nc2ccc(NC(=O)[C@@H]3CC(=O)N(c4ccccc4F)C3)cc2s1. The van der Waals surface area contributed by atoms with Crippen molar-refractivity contribution in [2.24, 2.45) is 5.92 Å². The first kappa shape index (κ1) is 16.7. The first-order valence-corrected chi connectivity index (χ1v) is 9.06. The van der Waals surface area contributed by atoms with Gasteiger partial charge in [-0.3, -0.25) is 9.59 Å². The van der Waals surface area contributed by atoms with Crippen LogP contribution in [0.4, 0.5) is 15.8 Å². The smallest absolute Gasteiger partial charge is 0.229 e. The quantitative estimate of drug-likeness (QED) is 0.765. The van der Waals surface area contributed by atoms with Gasteiger partial charge in [-0.1, -0.05) is 12.1 Å². The summed E-state index contributed by atoms with van der Waals surface area (Å²) >= 11 is 1.56. The van der Waals surface area contributed by atoms with Gasteiger partial charge in [0.15, 0.2) is 0 Å². The van der Waals surface area contributed by atoms with Crippen LogP contribution in [0.15, 0.2) is 42.5 Å². The molecular weight excluding hydrogens is 353 g/mol. The number of fused-ring (bicyclic) bond motifs is 1. The topological polar surface area (TPSA) is 62.3 Å². The zero-order valence-corrected chi connectivity index (χ0v) is 14.8. The van der Waals surface area contributed by atoms with E-state index in [1.165, 1.54) is 11.0 Å². The zero-order chi connectivity index (χ0) is 18.3. The van der Waals surface area contributed by atoms with Crippen molar-refractivity contribution in [3.63, 3.8) is 0 Å². The van der Waals surface area contributed by atoms with Crippen molar-refractivity contribution < 1.29 is 14.0 Å². The average molecular weight is 369 g/mol. The Balaban J connectivity index is 1.49. The Kier molecular flexibility index (Phi) is 4.16. The van der Waals surface area contributed by atoms with Crippen molar-refractivity contribution in [2.75, 3.05) is 16.8 Å². The predicted octanol–water partition coefficient (Wildman–Crippen LogP) is 3.74. The first-order chi connectivity index (χ1) is 12.5. The molecule has 132 valence electrons. The molecule has 2 amide bonds. The highest BCUT2D eigenvalue weighted by atomic mass is 32.1. The van der Waals surface area contributed by atoms with Gasteiger partial charge in [0.2, 0.25) is 11.8 Å². The van der Waals surface area contributed by atoms with Gasteiger partial charge >= 0.3 is 0 Å². The van der Waals surface area contributed by atoms with E-state index >= 15 is 0 Å². The molecular formula is C19H16FN3O2S. The molecule has 26 heavy (non-hydrogen) atoms. The molecule has 1 N–H and O–H groups in total. The van der Waals surface area contributed by atoms with Crippen LogP contribution in [-0.4, -0.2) is 23.3 Å². The van der Waals surface area contributed by atoms with Crippen LogP contribution in [-0.2, 0) is 9.59 Å². The molecule has 0 unspecified atom stereocenters. The summed E-state index contributed by atoms with van der Waals surface area (Å²) in [5, 5.41) is 3.82. The van der Waals surface area contributed by atoms with Gasteiger partial charge in [-0.2, -0.15) is 0 Å². The molecule has 1 atom stereocenters. The number of nitrogens with zero attached hydrogens (tertiary/aromatic N) is 2. The monoisotopic (exact) mass is 369 g/mol. The summed E-state index contributed by atoms with van der Waals surface area (Å²) in [6, 6.07) is 11.6. The van der Waals surface area contributed by atoms with Crippen LogP contribution in [0.25, 0.3) is 10.2 Å². The molecule has 1 aliphatic rings. The summed E-state index contributed by atoms with van der Waals surface area (Å²) in [5.74, 6) is -1.46. The number of rotatable bonds is 3. The minimum atomic E-state index is -0.513. The summed E-state index contributed by atoms with van der Waals surface area (Å²) in [6.45, 7) is 2.11. The van der Waals surface area contributed by atoms with Crippen molar-refractivity contribution in [1.82, 2.24) is 4.98 Å². The number of carbonyl (C=O) groups is 2. The van der Waals surface area contributed by atoms with Crippen LogP contribution >= 0.6 is 11.3 Å². The van der Waals surface area contributed by atoms with Gasteiger partial charge in [0, 0.05) is 18.7 Å². The maximum absolute atomic E-state index is 13.9. The summed E-state index contributed by atoms with van der Waals surface area (Å²) in [4.78, 5) is 30.5. The lowest BCUT2D eigenvalue weighted by atomic mass is 10.1. The molecule has 1 saturated heterocycles.